The van der Waals surface area contributed by atoms with Gasteiger partial charge in [0.25, 0.3) is 0 Å². The zero-order chi connectivity index (χ0) is 25.5. The number of benzene rings is 4. The summed E-state index contributed by atoms with van der Waals surface area (Å²) in [6.45, 7) is 2.90. The van der Waals surface area contributed by atoms with E-state index in [4.69, 9.17) is 4.98 Å². The van der Waals surface area contributed by atoms with Crippen LogP contribution in [0.15, 0.2) is 91.3 Å². The van der Waals surface area contributed by atoms with Crippen molar-refractivity contribution in [2.45, 2.75) is 26.3 Å². The molecule has 0 atom stereocenters. The predicted octanol–water partition coefficient (Wildman–Crippen LogP) is 6.26. The van der Waals surface area contributed by atoms with Gasteiger partial charge in [-0.1, -0.05) is 72.8 Å². The molecule has 1 aliphatic carbocycles. The molecule has 38 heavy (non-hydrogen) atoms. The minimum Gasteiger partial charge on any atom is -0.326 e. The van der Waals surface area contributed by atoms with Crippen LogP contribution in [-0.2, 0) is 19.4 Å². The van der Waals surface area contributed by atoms with Gasteiger partial charge in [0.2, 0.25) is 0 Å². The molecule has 0 aliphatic heterocycles. The minimum absolute atomic E-state index is 0.584. The number of aromatic amines is 1. The van der Waals surface area contributed by atoms with E-state index in [2.05, 4.69) is 117 Å². The molecule has 2 aromatic heterocycles. The predicted molar refractivity (Wildman–Crippen MR) is 150 cm³/mol. The summed E-state index contributed by atoms with van der Waals surface area (Å²) in [6.07, 6.45) is 5.97. The van der Waals surface area contributed by atoms with E-state index < -0.39 is 0 Å². The molecule has 184 valence electrons. The number of nitrogens with one attached hydrogen (secondary N) is 1. The van der Waals surface area contributed by atoms with Crippen molar-refractivity contribution in [2.24, 2.45) is 0 Å². The molecule has 2 heterocycles. The van der Waals surface area contributed by atoms with Gasteiger partial charge in [-0.2, -0.15) is 5.21 Å². The highest BCUT2D eigenvalue weighted by molar-refractivity contribution is 5.93. The Balaban J connectivity index is 1.28. The van der Waals surface area contributed by atoms with Gasteiger partial charge in [-0.05, 0) is 93.3 Å². The molecule has 6 nitrogen and oxygen atoms in total. The summed E-state index contributed by atoms with van der Waals surface area (Å²) in [5.74, 6) is 0.584. The van der Waals surface area contributed by atoms with Crippen LogP contribution in [-0.4, -0.2) is 30.2 Å². The van der Waals surface area contributed by atoms with Crippen LogP contribution < -0.4 is 0 Å². The van der Waals surface area contributed by atoms with Gasteiger partial charge in [-0.25, -0.2) is 4.98 Å². The molecule has 4 aromatic carbocycles. The minimum atomic E-state index is 0.584. The van der Waals surface area contributed by atoms with Gasteiger partial charge in [0, 0.05) is 6.54 Å². The Morgan fingerprint density at radius 1 is 0.842 bits per heavy atom. The number of hydrogen-bond donors (Lipinski definition) is 1. The van der Waals surface area contributed by atoms with Crippen LogP contribution in [0, 0.1) is 6.92 Å². The maximum absolute atomic E-state index is 4.76. The fourth-order valence-electron chi connectivity index (χ4n) is 5.60. The van der Waals surface area contributed by atoms with E-state index in [9.17, 15) is 0 Å². The van der Waals surface area contributed by atoms with Gasteiger partial charge in [-0.3, -0.25) is 0 Å². The summed E-state index contributed by atoms with van der Waals surface area (Å²) < 4.78 is 2.26. The van der Waals surface area contributed by atoms with Crippen molar-refractivity contribution in [3.63, 3.8) is 0 Å². The van der Waals surface area contributed by atoms with E-state index in [1.165, 1.54) is 44.5 Å². The average molecular weight is 495 g/mol. The average Bonchev–Trinajstić information content (AvgIpc) is 3.59. The maximum Gasteiger partial charge on any atom is 0.198 e. The first-order chi connectivity index (χ1) is 18.7. The second-order valence-electron chi connectivity index (χ2n) is 9.88. The lowest BCUT2D eigenvalue weighted by molar-refractivity contribution is 0.821. The molecule has 0 amide bonds. The Hall–Kier alpha value is -4.84. The summed E-state index contributed by atoms with van der Waals surface area (Å²) in [4.78, 5) is 4.76. The fourth-order valence-corrected chi connectivity index (χ4v) is 5.60. The summed E-state index contributed by atoms with van der Waals surface area (Å²) in [5.41, 5.74) is 13.4. The lowest BCUT2D eigenvalue weighted by atomic mass is 9.92. The molecule has 1 N–H and O–H groups in total. The molecule has 1 aliphatic rings. The highest BCUT2D eigenvalue weighted by Gasteiger charge is 2.19. The van der Waals surface area contributed by atoms with Gasteiger partial charge < -0.3 is 4.57 Å². The van der Waals surface area contributed by atoms with E-state index in [0.717, 1.165) is 36.0 Å². The van der Waals surface area contributed by atoms with E-state index in [-0.39, 0.29) is 0 Å². The van der Waals surface area contributed by atoms with Crippen molar-refractivity contribution in [3.8, 4) is 11.1 Å². The van der Waals surface area contributed by atoms with E-state index >= 15 is 0 Å². The van der Waals surface area contributed by atoms with Crippen molar-refractivity contribution in [3.05, 3.63) is 130 Å². The Bertz CT molecular complexity index is 1800. The third-order valence-electron chi connectivity index (χ3n) is 7.44. The first-order valence-electron chi connectivity index (χ1n) is 12.9. The molecular weight excluding hydrogens is 468 g/mol. The molecule has 0 bridgehead atoms. The van der Waals surface area contributed by atoms with Crippen LogP contribution >= 0.6 is 0 Å². The second kappa shape index (κ2) is 9.23. The first-order valence-corrected chi connectivity index (χ1v) is 12.9. The molecule has 0 saturated heterocycles. The second-order valence-corrected chi connectivity index (χ2v) is 9.88. The van der Waals surface area contributed by atoms with Crippen LogP contribution in [0.2, 0.25) is 0 Å². The normalized spacial score (nSPS) is 13.9. The van der Waals surface area contributed by atoms with Crippen molar-refractivity contribution >= 4 is 22.7 Å². The highest BCUT2D eigenvalue weighted by atomic mass is 15.5. The molecule has 0 fully saturated rings. The lowest BCUT2D eigenvalue weighted by Crippen LogP contribution is -2.01. The van der Waals surface area contributed by atoms with Crippen molar-refractivity contribution in [2.75, 3.05) is 0 Å². The SMILES string of the molecule is Cc1cc(-c2ccccc2)cc2c1ncn2Cc1ccc2c(c1)CCc1ccccc1/C2=C\c1nn[nH]n1. The molecule has 0 spiro atoms. The zero-order valence-electron chi connectivity index (χ0n) is 21.1. The number of aryl methyl sites for hydroxylation is 3. The van der Waals surface area contributed by atoms with Crippen LogP contribution in [0.4, 0.5) is 0 Å². The molecule has 7 rings (SSSR count). The van der Waals surface area contributed by atoms with Crippen molar-refractivity contribution < 1.29 is 0 Å². The standard InChI is InChI=1S/C32H26N6/c1-21-15-26(23-7-3-2-4-8-23)17-30-32(21)33-20-38(30)19-22-11-14-28-25(16-22)13-12-24-9-5-6-10-27(24)29(28)18-31-34-36-37-35-31/h2-11,14-18,20H,12-13,19H2,1H3,(H,34,35,36,37)/b29-18+. The fraction of sp³-hybridized carbons (Fsp3) is 0.125. The smallest absolute Gasteiger partial charge is 0.198 e. The Kier molecular flexibility index (Phi) is 5.43. The number of nitrogens with zero attached hydrogens (tertiary/aromatic N) is 5. The van der Waals surface area contributed by atoms with Gasteiger partial charge >= 0.3 is 0 Å². The molecular formula is C32H26N6. The largest absolute Gasteiger partial charge is 0.326 e. The number of aromatic nitrogens is 6. The van der Waals surface area contributed by atoms with Gasteiger partial charge in [-0.15, -0.1) is 10.2 Å². The number of fused-ring (bicyclic) bond motifs is 3. The van der Waals surface area contributed by atoms with Gasteiger partial charge in [0.1, 0.15) is 0 Å². The zero-order valence-corrected chi connectivity index (χ0v) is 21.1. The number of hydrogen-bond acceptors (Lipinski definition) is 4. The van der Waals surface area contributed by atoms with E-state index in [0.29, 0.717) is 5.82 Å². The number of rotatable bonds is 4. The molecule has 6 heteroatoms. The van der Waals surface area contributed by atoms with Gasteiger partial charge in [0.15, 0.2) is 5.82 Å². The van der Waals surface area contributed by atoms with Crippen LogP contribution in [0.5, 0.6) is 0 Å². The maximum atomic E-state index is 4.76. The van der Waals surface area contributed by atoms with E-state index in [1.807, 2.05) is 12.4 Å². The number of H-pyrrole nitrogens is 1. The lowest BCUT2D eigenvalue weighted by Gasteiger charge is -2.14. The number of imidazole rings is 1. The number of tetrazole rings is 1. The molecule has 0 radical (unpaired) electrons. The first kappa shape index (κ1) is 22.4. The summed E-state index contributed by atoms with van der Waals surface area (Å²) in [5, 5.41) is 14.7. The topological polar surface area (TPSA) is 72.3 Å². The Morgan fingerprint density at radius 2 is 1.66 bits per heavy atom. The molecule has 0 saturated carbocycles. The van der Waals surface area contributed by atoms with Crippen LogP contribution in [0.3, 0.4) is 0 Å². The molecule has 0 unspecified atom stereocenters. The van der Waals surface area contributed by atoms with Gasteiger partial charge in [0.05, 0.1) is 17.4 Å². The van der Waals surface area contributed by atoms with E-state index in [1.54, 1.807) is 0 Å². The summed E-state index contributed by atoms with van der Waals surface area (Å²) in [6, 6.07) is 30.5. The monoisotopic (exact) mass is 494 g/mol. The van der Waals surface area contributed by atoms with Crippen LogP contribution in [0.25, 0.3) is 33.8 Å². The summed E-state index contributed by atoms with van der Waals surface area (Å²) in [7, 11) is 0. The van der Waals surface area contributed by atoms with Crippen LogP contribution in [0.1, 0.15) is 39.2 Å². The third-order valence-corrected chi connectivity index (χ3v) is 7.44. The Morgan fingerprint density at radius 3 is 2.53 bits per heavy atom. The quantitative estimate of drug-likeness (QED) is 0.314. The molecule has 6 aromatic rings. The Labute approximate surface area is 220 Å². The highest BCUT2D eigenvalue weighted by Crippen LogP contribution is 2.35. The third kappa shape index (κ3) is 4.00. The van der Waals surface area contributed by atoms with Crippen molar-refractivity contribution in [1.82, 2.24) is 30.2 Å². The summed E-state index contributed by atoms with van der Waals surface area (Å²) >= 11 is 0. The van der Waals surface area contributed by atoms with Crippen molar-refractivity contribution in [1.29, 1.82) is 0 Å².